The van der Waals surface area contributed by atoms with E-state index in [2.05, 4.69) is 0 Å². The lowest BCUT2D eigenvalue weighted by molar-refractivity contribution is -0.113. The van der Waals surface area contributed by atoms with Crippen LogP contribution in [0.25, 0.3) is 0 Å². The molecule has 6 nitrogen and oxygen atoms in total. The van der Waals surface area contributed by atoms with E-state index in [4.69, 9.17) is 14.6 Å². The summed E-state index contributed by atoms with van der Waals surface area (Å²) in [6.07, 6.45) is -5.00. The van der Waals surface area contributed by atoms with E-state index in [0.29, 0.717) is 0 Å². The van der Waals surface area contributed by atoms with Gasteiger partial charge in [-0.05, 0) is 0 Å². The van der Waals surface area contributed by atoms with E-state index >= 15 is 0 Å². The van der Waals surface area contributed by atoms with E-state index < -0.39 is 37.3 Å². The second kappa shape index (κ2) is 6.42. The van der Waals surface area contributed by atoms with Gasteiger partial charge in [0.2, 0.25) is 0 Å². The zero-order valence-corrected chi connectivity index (χ0v) is 10.3. The molecule has 0 bridgehead atoms. The summed E-state index contributed by atoms with van der Waals surface area (Å²) in [5, 5.41) is 37.4. The minimum Gasteiger partial charge on any atom is -0.394 e. The van der Waals surface area contributed by atoms with Crippen LogP contribution in [0, 0.1) is 0 Å². The van der Waals surface area contributed by atoms with Crippen LogP contribution in [0.5, 0.6) is 0 Å². The summed E-state index contributed by atoms with van der Waals surface area (Å²) in [4.78, 5) is 0. The monoisotopic (exact) mass is 270 g/mol. The topological polar surface area (TPSA) is 99.4 Å². The average molecular weight is 270 g/mol. The Morgan fingerprint density at radius 1 is 1.05 bits per heavy atom. The third-order valence-electron chi connectivity index (χ3n) is 3.12. The number of rotatable bonds is 5. The molecule has 0 spiro atoms. The third kappa shape index (κ3) is 3.11. The molecule has 1 aromatic rings. The fourth-order valence-corrected chi connectivity index (χ4v) is 2.04. The van der Waals surface area contributed by atoms with Gasteiger partial charge in [0.05, 0.1) is 13.2 Å². The lowest BCUT2D eigenvalue weighted by Crippen LogP contribution is -2.45. The van der Waals surface area contributed by atoms with Crippen molar-refractivity contribution in [2.24, 2.45) is 0 Å². The minimum atomic E-state index is -1.34. The van der Waals surface area contributed by atoms with E-state index in [1.165, 1.54) is 0 Å². The van der Waals surface area contributed by atoms with Crippen LogP contribution in [0.3, 0.4) is 0 Å². The normalized spacial score (nSPS) is 30.2. The van der Waals surface area contributed by atoms with Crippen LogP contribution in [-0.4, -0.2) is 58.1 Å². The predicted molar refractivity (Wildman–Crippen MR) is 65.1 cm³/mol. The molecule has 106 valence electrons. The molecule has 19 heavy (non-hydrogen) atoms. The van der Waals surface area contributed by atoms with Crippen molar-refractivity contribution in [3.63, 3.8) is 0 Å². The second-order valence-electron chi connectivity index (χ2n) is 4.44. The molecule has 1 aromatic carbocycles. The maximum absolute atomic E-state index is 9.86. The molecule has 2 rings (SSSR count). The van der Waals surface area contributed by atoms with Crippen LogP contribution in [0.15, 0.2) is 30.3 Å². The average Bonchev–Trinajstić information content (AvgIpc) is 2.90. The second-order valence-corrected chi connectivity index (χ2v) is 4.44. The van der Waals surface area contributed by atoms with Gasteiger partial charge in [0, 0.05) is 5.56 Å². The van der Waals surface area contributed by atoms with Crippen LogP contribution in [0.1, 0.15) is 11.9 Å². The van der Waals surface area contributed by atoms with Crippen molar-refractivity contribution in [1.82, 2.24) is 0 Å². The van der Waals surface area contributed by atoms with Crippen LogP contribution in [-0.2, 0) is 9.47 Å². The fourth-order valence-electron chi connectivity index (χ4n) is 2.04. The van der Waals surface area contributed by atoms with Crippen LogP contribution in [0.4, 0.5) is 0 Å². The Morgan fingerprint density at radius 2 is 1.74 bits per heavy atom. The van der Waals surface area contributed by atoms with E-state index in [0.717, 1.165) is 5.56 Å². The molecular formula is C13H18O6. The van der Waals surface area contributed by atoms with E-state index in [9.17, 15) is 15.3 Å². The largest absolute Gasteiger partial charge is 0.394 e. The maximum atomic E-state index is 9.86. The fraction of sp³-hybridized carbons (Fsp3) is 0.538. The minimum absolute atomic E-state index is 0.344. The number of benzene rings is 1. The molecule has 0 aliphatic carbocycles. The molecule has 0 amide bonds. The number of hydrogen-bond acceptors (Lipinski definition) is 6. The van der Waals surface area contributed by atoms with E-state index in [1.54, 1.807) is 12.1 Å². The molecule has 5 atom stereocenters. The van der Waals surface area contributed by atoms with Crippen molar-refractivity contribution in [2.45, 2.75) is 30.7 Å². The van der Waals surface area contributed by atoms with Gasteiger partial charge >= 0.3 is 0 Å². The molecular weight excluding hydrogens is 252 g/mol. The van der Waals surface area contributed by atoms with E-state index in [-0.39, 0.29) is 6.61 Å². The first-order valence-electron chi connectivity index (χ1n) is 6.11. The van der Waals surface area contributed by atoms with Gasteiger partial charge in [0.25, 0.3) is 0 Å². The van der Waals surface area contributed by atoms with Gasteiger partial charge in [-0.3, -0.25) is 0 Å². The molecule has 1 aliphatic heterocycles. The first-order valence-corrected chi connectivity index (χ1v) is 6.11. The molecule has 1 fully saturated rings. The molecule has 1 heterocycles. The highest BCUT2D eigenvalue weighted by Crippen LogP contribution is 2.33. The van der Waals surface area contributed by atoms with Gasteiger partial charge in [-0.1, -0.05) is 30.3 Å². The summed E-state index contributed by atoms with van der Waals surface area (Å²) >= 11 is 0. The highest BCUT2D eigenvalue weighted by atomic mass is 16.7. The van der Waals surface area contributed by atoms with Crippen molar-refractivity contribution >= 4 is 0 Å². The molecule has 4 N–H and O–H groups in total. The van der Waals surface area contributed by atoms with Crippen molar-refractivity contribution in [3.05, 3.63) is 35.9 Å². The number of hydrogen-bond donors (Lipinski definition) is 4. The Hall–Kier alpha value is -1.02. The van der Waals surface area contributed by atoms with Crippen LogP contribution < -0.4 is 0 Å². The van der Waals surface area contributed by atoms with Crippen molar-refractivity contribution in [2.75, 3.05) is 13.2 Å². The smallest absolute Gasteiger partial charge is 0.184 e. The van der Waals surface area contributed by atoms with Crippen molar-refractivity contribution in [3.8, 4) is 0 Å². The standard InChI is InChI=1S/C13H18O6/c14-6-9(16)11(17)12-10(7-15)18-13(19-12)8-4-2-1-3-5-8/h1-5,9-17H,6-7H2/t9-,10+,11-,12-,13?/m1/s1. The van der Waals surface area contributed by atoms with Crippen molar-refractivity contribution in [1.29, 1.82) is 0 Å². The molecule has 1 saturated heterocycles. The first kappa shape index (κ1) is 14.4. The van der Waals surface area contributed by atoms with Crippen LogP contribution in [0.2, 0.25) is 0 Å². The number of aliphatic hydroxyl groups excluding tert-OH is 4. The summed E-state index contributed by atoms with van der Waals surface area (Å²) in [6, 6.07) is 9.10. The molecule has 0 radical (unpaired) electrons. The number of ether oxygens (including phenoxy) is 2. The molecule has 6 heteroatoms. The summed E-state index contributed by atoms with van der Waals surface area (Å²) in [5.74, 6) is 0. The molecule has 0 saturated carbocycles. The van der Waals surface area contributed by atoms with Crippen molar-refractivity contribution < 1.29 is 29.9 Å². The van der Waals surface area contributed by atoms with Gasteiger partial charge in [0.1, 0.15) is 24.4 Å². The summed E-state index contributed by atoms with van der Waals surface area (Å²) < 4.78 is 11.0. The highest BCUT2D eigenvalue weighted by molar-refractivity contribution is 5.17. The van der Waals surface area contributed by atoms with Gasteiger partial charge in [-0.2, -0.15) is 0 Å². The predicted octanol–water partition coefficient (Wildman–Crippen LogP) is -0.824. The Kier molecular flexibility index (Phi) is 4.87. The zero-order chi connectivity index (χ0) is 13.8. The molecule has 1 unspecified atom stereocenters. The third-order valence-corrected chi connectivity index (χ3v) is 3.12. The summed E-state index contributed by atoms with van der Waals surface area (Å²) in [5.41, 5.74) is 0.758. The Labute approximate surface area is 110 Å². The SMILES string of the molecule is OC[C@@H](O)[C@@H](O)[C@@H]1OC(c2ccccc2)O[C@H]1CO. The summed E-state index contributed by atoms with van der Waals surface area (Å²) in [6.45, 7) is -0.932. The quantitative estimate of drug-likeness (QED) is 0.558. The highest BCUT2D eigenvalue weighted by Gasteiger charge is 2.42. The van der Waals surface area contributed by atoms with Crippen LogP contribution >= 0.6 is 0 Å². The number of aliphatic hydroxyl groups is 4. The zero-order valence-electron chi connectivity index (χ0n) is 10.3. The Balaban J connectivity index is 2.09. The molecule has 0 aromatic heterocycles. The molecule has 1 aliphatic rings. The Morgan fingerprint density at radius 3 is 2.32 bits per heavy atom. The first-order chi connectivity index (χ1) is 9.17. The lowest BCUT2D eigenvalue weighted by Gasteiger charge is -2.23. The Bertz CT molecular complexity index is 384. The van der Waals surface area contributed by atoms with Gasteiger partial charge in [0.15, 0.2) is 6.29 Å². The van der Waals surface area contributed by atoms with E-state index in [1.807, 2.05) is 18.2 Å². The van der Waals surface area contributed by atoms with Gasteiger partial charge < -0.3 is 29.9 Å². The lowest BCUT2D eigenvalue weighted by atomic mass is 10.0. The van der Waals surface area contributed by atoms with Gasteiger partial charge in [-0.15, -0.1) is 0 Å². The van der Waals surface area contributed by atoms with Gasteiger partial charge in [-0.25, -0.2) is 0 Å². The summed E-state index contributed by atoms with van der Waals surface area (Å²) in [7, 11) is 0. The maximum Gasteiger partial charge on any atom is 0.184 e.